The second kappa shape index (κ2) is 7.52. The molecule has 3 nitrogen and oxygen atoms in total. The van der Waals surface area contributed by atoms with E-state index in [4.69, 9.17) is 0 Å². The zero-order chi connectivity index (χ0) is 13.5. The van der Waals surface area contributed by atoms with Gasteiger partial charge in [0.2, 0.25) is 0 Å². The zero-order valence-corrected chi connectivity index (χ0v) is 12.0. The average Bonchev–Trinajstić information content (AvgIpc) is 2.29. The molecule has 1 atom stereocenters. The molecule has 0 aliphatic carbocycles. The summed E-state index contributed by atoms with van der Waals surface area (Å²) in [5, 5.41) is 13.1. The Hall–Kier alpha value is -0.900. The van der Waals surface area contributed by atoms with Gasteiger partial charge in [-0.15, -0.1) is 0 Å². The van der Waals surface area contributed by atoms with Gasteiger partial charge in [-0.3, -0.25) is 4.90 Å². The fourth-order valence-corrected chi connectivity index (χ4v) is 1.87. The minimum Gasteiger partial charge on any atom is -0.390 e. The van der Waals surface area contributed by atoms with E-state index in [2.05, 4.69) is 55.3 Å². The monoisotopic (exact) mass is 250 g/mol. The maximum Gasteiger partial charge on any atom is 0.0791 e. The molecule has 0 saturated heterocycles. The van der Waals surface area contributed by atoms with Gasteiger partial charge in [0, 0.05) is 25.7 Å². The molecular formula is C15H26N2O. The number of benzene rings is 1. The third-order valence-corrected chi connectivity index (χ3v) is 2.86. The van der Waals surface area contributed by atoms with E-state index in [0.29, 0.717) is 19.1 Å². The molecule has 0 heterocycles. The Morgan fingerprint density at radius 1 is 1.22 bits per heavy atom. The number of aliphatic hydroxyl groups is 1. The highest BCUT2D eigenvalue weighted by Crippen LogP contribution is 2.06. The van der Waals surface area contributed by atoms with Crippen molar-refractivity contribution in [2.45, 2.75) is 39.5 Å². The average molecular weight is 250 g/mol. The number of aryl methyl sites for hydroxylation is 1. The molecule has 0 amide bonds. The molecule has 0 radical (unpaired) electrons. The molecule has 1 aromatic rings. The Morgan fingerprint density at radius 3 is 2.39 bits per heavy atom. The first-order valence-corrected chi connectivity index (χ1v) is 6.63. The van der Waals surface area contributed by atoms with Crippen molar-refractivity contribution in [3.63, 3.8) is 0 Å². The van der Waals surface area contributed by atoms with Crippen LogP contribution in [0.15, 0.2) is 24.3 Å². The van der Waals surface area contributed by atoms with Gasteiger partial charge in [0.25, 0.3) is 0 Å². The smallest absolute Gasteiger partial charge is 0.0791 e. The van der Waals surface area contributed by atoms with E-state index < -0.39 is 0 Å². The van der Waals surface area contributed by atoms with E-state index in [1.165, 1.54) is 11.1 Å². The van der Waals surface area contributed by atoms with Gasteiger partial charge >= 0.3 is 0 Å². The lowest BCUT2D eigenvalue weighted by Crippen LogP contribution is -2.38. The molecule has 3 heteroatoms. The number of likely N-dealkylation sites (N-methyl/N-ethyl adjacent to an activating group) is 1. The highest BCUT2D eigenvalue weighted by molar-refractivity contribution is 5.21. The molecule has 0 spiro atoms. The number of rotatable bonds is 7. The van der Waals surface area contributed by atoms with Gasteiger partial charge in [-0.1, -0.05) is 43.7 Å². The molecule has 0 fully saturated rings. The Bertz CT molecular complexity index is 335. The summed E-state index contributed by atoms with van der Waals surface area (Å²) in [7, 11) is 2.04. The zero-order valence-electron chi connectivity index (χ0n) is 12.0. The number of aliphatic hydroxyl groups excluding tert-OH is 1. The molecule has 1 unspecified atom stereocenters. The standard InChI is InChI=1S/C15H26N2O/c1-12(2)16-9-15(18)11-17(4)10-14-7-5-13(3)6-8-14/h5-8,12,15-16,18H,9-11H2,1-4H3. The second-order valence-corrected chi connectivity index (χ2v) is 5.40. The lowest BCUT2D eigenvalue weighted by atomic mass is 10.1. The van der Waals surface area contributed by atoms with Crippen LogP contribution < -0.4 is 5.32 Å². The van der Waals surface area contributed by atoms with E-state index >= 15 is 0 Å². The summed E-state index contributed by atoms with van der Waals surface area (Å²) in [5.74, 6) is 0. The van der Waals surface area contributed by atoms with Crippen LogP contribution in [0.2, 0.25) is 0 Å². The summed E-state index contributed by atoms with van der Waals surface area (Å²) in [5.41, 5.74) is 2.56. The number of nitrogens with one attached hydrogen (secondary N) is 1. The van der Waals surface area contributed by atoms with Crippen LogP contribution in [0.4, 0.5) is 0 Å². The molecule has 0 saturated carbocycles. The van der Waals surface area contributed by atoms with Crippen LogP contribution in [0.3, 0.4) is 0 Å². The highest BCUT2D eigenvalue weighted by Gasteiger charge is 2.08. The van der Waals surface area contributed by atoms with Crippen LogP contribution in [0.1, 0.15) is 25.0 Å². The van der Waals surface area contributed by atoms with Crippen molar-refractivity contribution in [1.82, 2.24) is 10.2 Å². The molecular weight excluding hydrogens is 224 g/mol. The third-order valence-electron chi connectivity index (χ3n) is 2.86. The number of hydrogen-bond acceptors (Lipinski definition) is 3. The van der Waals surface area contributed by atoms with E-state index in [0.717, 1.165) is 6.54 Å². The first kappa shape index (κ1) is 15.2. The third kappa shape index (κ3) is 6.15. The normalized spacial score (nSPS) is 13.3. The largest absolute Gasteiger partial charge is 0.390 e. The van der Waals surface area contributed by atoms with Crippen molar-refractivity contribution in [1.29, 1.82) is 0 Å². The predicted molar refractivity (Wildman–Crippen MR) is 76.7 cm³/mol. The Kier molecular flexibility index (Phi) is 6.33. The quantitative estimate of drug-likeness (QED) is 0.774. The maximum atomic E-state index is 9.89. The lowest BCUT2D eigenvalue weighted by molar-refractivity contribution is 0.119. The summed E-state index contributed by atoms with van der Waals surface area (Å²) in [6.07, 6.45) is -0.317. The van der Waals surface area contributed by atoms with Crippen molar-refractivity contribution < 1.29 is 5.11 Å². The van der Waals surface area contributed by atoms with Gasteiger partial charge in [0.15, 0.2) is 0 Å². The van der Waals surface area contributed by atoms with Gasteiger partial charge < -0.3 is 10.4 Å². The van der Waals surface area contributed by atoms with E-state index in [1.54, 1.807) is 0 Å². The topological polar surface area (TPSA) is 35.5 Å². The van der Waals surface area contributed by atoms with Crippen molar-refractivity contribution in [2.24, 2.45) is 0 Å². The summed E-state index contributed by atoms with van der Waals surface area (Å²) in [6, 6.07) is 8.96. The Morgan fingerprint density at radius 2 is 1.83 bits per heavy atom. The van der Waals surface area contributed by atoms with Crippen molar-refractivity contribution >= 4 is 0 Å². The summed E-state index contributed by atoms with van der Waals surface area (Å²) in [4.78, 5) is 2.15. The summed E-state index contributed by atoms with van der Waals surface area (Å²) >= 11 is 0. The second-order valence-electron chi connectivity index (χ2n) is 5.40. The van der Waals surface area contributed by atoms with E-state index in [9.17, 15) is 5.11 Å². The molecule has 1 aromatic carbocycles. The van der Waals surface area contributed by atoms with Crippen molar-refractivity contribution in [3.05, 3.63) is 35.4 Å². The lowest BCUT2D eigenvalue weighted by Gasteiger charge is -2.21. The van der Waals surface area contributed by atoms with Crippen LogP contribution >= 0.6 is 0 Å². The van der Waals surface area contributed by atoms with Gasteiger partial charge in [-0.25, -0.2) is 0 Å². The van der Waals surface area contributed by atoms with Crippen LogP contribution in [0, 0.1) is 6.92 Å². The molecule has 102 valence electrons. The first-order chi connectivity index (χ1) is 8.47. The summed E-state index contributed by atoms with van der Waals surface area (Å²) in [6.45, 7) is 8.48. The Labute approximate surface area is 111 Å². The summed E-state index contributed by atoms with van der Waals surface area (Å²) < 4.78 is 0. The minimum absolute atomic E-state index is 0.317. The highest BCUT2D eigenvalue weighted by atomic mass is 16.3. The fraction of sp³-hybridized carbons (Fsp3) is 0.600. The first-order valence-electron chi connectivity index (χ1n) is 6.63. The number of nitrogens with zero attached hydrogens (tertiary/aromatic N) is 1. The predicted octanol–water partition coefficient (Wildman–Crippen LogP) is 1.79. The van der Waals surface area contributed by atoms with Crippen molar-refractivity contribution in [3.8, 4) is 0 Å². The molecule has 2 N–H and O–H groups in total. The SMILES string of the molecule is Cc1ccc(CN(C)CC(O)CNC(C)C)cc1. The fourth-order valence-electron chi connectivity index (χ4n) is 1.87. The number of hydrogen-bond donors (Lipinski definition) is 2. The van der Waals surface area contributed by atoms with Crippen LogP contribution in [-0.4, -0.2) is 42.3 Å². The maximum absolute atomic E-state index is 9.89. The minimum atomic E-state index is -0.317. The molecule has 0 aliphatic heterocycles. The van der Waals surface area contributed by atoms with Gasteiger partial charge in [0.05, 0.1) is 6.10 Å². The molecule has 0 aliphatic rings. The van der Waals surface area contributed by atoms with Crippen molar-refractivity contribution in [2.75, 3.05) is 20.1 Å². The van der Waals surface area contributed by atoms with Crippen LogP contribution in [-0.2, 0) is 6.54 Å². The van der Waals surface area contributed by atoms with Gasteiger partial charge in [-0.05, 0) is 19.5 Å². The van der Waals surface area contributed by atoms with E-state index in [1.807, 2.05) is 7.05 Å². The molecule has 1 rings (SSSR count). The van der Waals surface area contributed by atoms with E-state index in [-0.39, 0.29) is 6.10 Å². The van der Waals surface area contributed by atoms with Gasteiger partial charge in [-0.2, -0.15) is 0 Å². The Balaban J connectivity index is 2.32. The van der Waals surface area contributed by atoms with Crippen LogP contribution in [0.25, 0.3) is 0 Å². The molecule has 0 aromatic heterocycles. The molecule has 0 bridgehead atoms. The van der Waals surface area contributed by atoms with Crippen LogP contribution in [0.5, 0.6) is 0 Å². The van der Waals surface area contributed by atoms with Gasteiger partial charge in [0.1, 0.15) is 0 Å². The molecule has 18 heavy (non-hydrogen) atoms.